The minimum atomic E-state index is 0.103. The predicted molar refractivity (Wildman–Crippen MR) is 70.3 cm³/mol. The zero-order valence-electron chi connectivity index (χ0n) is 11.6. The lowest BCUT2D eigenvalue weighted by Crippen LogP contribution is -2.36. The number of nitrogens with one attached hydrogen (secondary N) is 1. The summed E-state index contributed by atoms with van der Waals surface area (Å²) in [7, 11) is 1.87. The highest BCUT2D eigenvalue weighted by Gasteiger charge is 2.32. The predicted octanol–water partition coefficient (Wildman–Crippen LogP) is 0.0382. The lowest BCUT2D eigenvalue weighted by atomic mass is 9.97. The second-order valence-corrected chi connectivity index (χ2v) is 5.72. The van der Waals surface area contributed by atoms with Crippen molar-refractivity contribution in [1.29, 1.82) is 0 Å². The van der Waals surface area contributed by atoms with Crippen LogP contribution in [0.3, 0.4) is 0 Å². The third kappa shape index (κ3) is 2.25. The highest BCUT2D eigenvalue weighted by molar-refractivity contribution is 5.79. The first-order valence-electron chi connectivity index (χ1n) is 7.03. The number of fused-ring (bicyclic) bond motifs is 1. The summed E-state index contributed by atoms with van der Waals surface area (Å²) in [6, 6.07) is 0. The molecule has 104 valence electrons. The summed E-state index contributed by atoms with van der Waals surface area (Å²) in [5.74, 6) is 2.71. The highest BCUT2D eigenvalue weighted by Crippen LogP contribution is 2.20. The van der Waals surface area contributed by atoms with Gasteiger partial charge < -0.3 is 14.8 Å². The summed E-state index contributed by atoms with van der Waals surface area (Å²) < 4.78 is 2.15. The summed E-state index contributed by atoms with van der Waals surface area (Å²) in [5, 5.41) is 11.7. The molecule has 19 heavy (non-hydrogen) atoms. The Labute approximate surface area is 113 Å². The maximum absolute atomic E-state index is 12.4. The van der Waals surface area contributed by atoms with Crippen LogP contribution in [0.25, 0.3) is 0 Å². The lowest BCUT2D eigenvalue weighted by molar-refractivity contribution is -0.135. The molecule has 0 unspecified atom stereocenters. The fourth-order valence-corrected chi connectivity index (χ4v) is 3.04. The van der Waals surface area contributed by atoms with Crippen molar-refractivity contribution in [2.24, 2.45) is 11.8 Å². The SMILES string of the molecule is C[C@@H]1CNC[C@H]1C(=O)N(C)Cc1nnc2n1CCC2. The van der Waals surface area contributed by atoms with Gasteiger partial charge in [-0.25, -0.2) is 0 Å². The lowest BCUT2D eigenvalue weighted by Gasteiger charge is -2.22. The Balaban J connectivity index is 1.67. The first-order valence-corrected chi connectivity index (χ1v) is 7.03. The number of nitrogens with zero attached hydrogens (tertiary/aromatic N) is 4. The maximum atomic E-state index is 12.4. The van der Waals surface area contributed by atoms with E-state index in [0.717, 1.165) is 44.1 Å². The van der Waals surface area contributed by atoms with Crippen molar-refractivity contribution in [1.82, 2.24) is 25.0 Å². The molecule has 0 aliphatic carbocycles. The molecule has 1 amide bonds. The van der Waals surface area contributed by atoms with Gasteiger partial charge in [-0.1, -0.05) is 6.92 Å². The van der Waals surface area contributed by atoms with Crippen molar-refractivity contribution in [3.05, 3.63) is 11.6 Å². The van der Waals surface area contributed by atoms with Gasteiger partial charge in [0.25, 0.3) is 0 Å². The van der Waals surface area contributed by atoms with Crippen LogP contribution in [0.4, 0.5) is 0 Å². The fourth-order valence-electron chi connectivity index (χ4n) is 3.04. The summed E-state index contributed by atoms with van der Waals surface area (Å²) in [4.78, 5) is 14.2. The first-order chi connectivity index (χ1) is 9.16. The maximum Gasteiger partial charge on any atom is 0.227 e. The monoisotopic (exact) mass is 263 g/mol. The molecule has 1 fully saturated rings. The number of aromatic nitrogens is 3. The molecule has 2 aliphatic heterocycles. The normalized spacial score (nSPS) is 25.6. The third-order valence-corrected chi connectivity index (χ3v) is 4.28. The second kappa shape index (κ2) is 4.92. The zero-order chi connectivity index (χ0) is 13.4. The molecule has 0 spiro atoms. The molecular formula is C13H21N5O. The highest BCUT2D eigenvalue weighted by atomic mass is 16.2. The van der Waals surface area contributed by atoms with Crippen molar-refractivity contribution in [3.8, 4) is 0 Å². The average Bonchev–Trinajstić information content (AvgIpc) is 3.06. The van der Waals surface area contributed by atoms with Crippen LogP contribution in [0.1, 0.15) is 25.0 Å². The second-order valence-electron chi connectivity index (χ2n) is 5.72. The Morgan fingerprint density at radius 2 is 2.32 bits per heavy atom. The van der Waals surface area contributed by atoms with Crippen molar-refractivity contribution < 1.29 is 4.79 Å². The van der Waals surface area contributed by atoms with Gasteiger partial charge in [0.15, 0.2) is 5.82 Å². The number of amides is 1. The van der Waals surface area contributed by atoms with E-state index in [2.05, 4.69) is 27.0 Å². The molecule has 1 aromatic rings. The van der Waals surface area contributed by atoms with E-state index >= 15 is 0 Å². The van der Waals surface area contributed by atoms with Crippen molar-refractivity contribution in [2.45, 2.75) is 32.9 Å². The number of aryl methyl sites for hydroxylation is 1. The molecule has 3 heterocycles. The summed E-state index contributed by atoms with van der Waals surface area (Å²) in [6.07, 6.45) is 2.15. The molecule has 2 aliphatic rings. The average molecular weight is 263 g/mol. The number of hydrogen-bond donors (Lipinski definition) is 1. The van der Waals surface area contributed by atoms with Crippen LogP contribution in [-0.2, 0) is 24.3 Å². The largest absolute Gasteiger partial charge is 0.338 e. The van der Waals surface area contributed by atoms with Gasteiger partial charge in [-0.05, 0) is 18.9 Å². The Hall–Kier alpha value is -1.43. The first kappa shape index (κ1) is 12.6. The van der Waals surface area contributed by atoms with Gasteiger partial charge in [0.05, 0.1) is 12.5 Å². The standard InChI is InChI=1S/C13H21N5O/c1-9-6-14-7-10(9)13(19)17(2)8-12-16-15-11-4-3-5-18(11)12/h9-10,14H,3-8H2,1-2H3/t9-,10-/m1/s1. The Morgan fingerprint density at radius 3 is 3.05 bits per heavy atom. The summed E-state index contributed by atoms with van der Waals surface area (Å²) in [6.45, 7) is 5.41. The number of hydrogen-bond acceptors (Lipinski definition) is 4. The molecule has 2 atom stereocenters. The number of carbonyl (C=O) groups is 1. The van der Waals surface area contributed by atoms with E-state index in [1.807, 2.05) is 7.05 Å². The minimum Gasteiger partial charge on any atom is -0.338 e. The van der Waals surface area contributed by atoms with Gasteiger partial charge in [-0.15, -0.1) is 10.2 Å². The molecule has 6 nitrogen and oxygen atoms in total. The van der Waals surface area contributed by atoms with Crippen molar-refractivity contribution in [3.63, 3.8) is 0 Å². The van der Waals surface area contributed by atoms with E-state index in [-0.39, 0.29) is 11.8 Å². The van der Waals surface area contributed by atoms with Crippen molar-refractivity contribution in [2.75, 3.05) is 20.1 Å². The molecule has 6 heteroatoms. The summed E-state index contributed by atoms with van der Waals surface area (Å²) >= 11 is 0. The smallest absolute Gasteiger partial charge is 0.227 e. The molecule has 1 aromatic heterocycles. The van der Waals surface area contributed by atoms with E-state index < -0.39 is 0 Å². The van der Waals surface area contributed by atoms with Crippen LogP contribution >= 0.6 is 0 Å². The quantitative estimate of drug-likeness (QED) is 0.836. The van der Waals surface area contributed by atoms with Crippen LogP contribution < -0.4 is 5.32 Å². The fraction of sp³-hybridized carbons (Fsp3) is 0.769. The van der Waals surface area contributed by atoms with Crippen LogP contribution in [0.5, 0.6) is 0 Å². The molecule has 1 N–H and O–H groups in total. The van der Waals surface area contributed by atoms with Crippen LogP contribution in [-0.4, -0.2) is 45.7 Å². The Morgan fingerprint density at radius 1 is 1.47 bits per heavy atom. The molecule has 0 saturated carbocycles. The van der Waals surface area contributed by atoms with E-state index in [1.54, 1.807) is 4.90 Å². The van der Waals surface area contributed by atoms with Crippen LogP contribution in [0.2, 0.25) is 0 Å². The van der Waals surface area contributed by atoms with Gasteiger partial charge in [0.1, 0.15) is 5.82 Å². The van der Waals surface area contributed by atoms with E-state index in [1.165, 1.54) is 0 Å². The van der Waals surface area contributed by atoms with Gasteiger partial charge in [0, 0.05) is 26.6 Å². The van der Waals surface area contributed by atoms with Crippen LogP contribution in [0, 0.1) is 11.8 Å². The molecule has 1 saturated heterocycles. The van der Waals surface area contributed by atoms with E-state index in [9.17, 15) is 4.79 Å². The Bertz CT molecular complexity index is 483. The van der Waals surface area contributed by atoms with Gasteiger partial charge in [0.2, 0.25) is 5.91 Å². The summed E-state index contributed by atoms with van der Waals surface area (Å²) in [5.41, 5.74) is 0. The Kier molecular flexibility index (Phi) is 3.26. The number of carbonyl (C=O) groups excluding carboxylic acids is 1. The number of rotatable bonds is 3. The van der Waals surface area contributed by atoms with Crippen molar-refractivity contribution >= 4 is 5.91 Å². The minimum absolute atomic E-state index is 0.103. The van der Waals surface area contributed by atoms with Gasteiger partial charge >= 0.3 is 0 Å². The molecule has 0 radical (unpaired) electrons. The van der Waals surface area contributed by atoms with Gasteiger partial charge in [-0.3, -0.25) is 4.79 Å². The zero-order valence-corrected chi connectivity index (χ0v) is 11.6. The topological polar surface area (TPSA) is 63.1 Å². The van der Waals surface area contributed by atoms with E-state index in [0.29, 0.717) is 12.5 Å². The molecule has 0 bridgehead atoms. The van der Waals surface area contributed by atoms with E-state index in [4.69, 9.17) is 0 Å². The van der Waals surface area contributed by atoms with Gasteiger partial charge in [-0.2, -0.15) is 0 Å². The molecular weight excluding hydrogens is 242 g/mol. The molecule has 3 rings (SSSR count). The van der Waals surface area contributed by atoms with Crippen LogP contribution in [0.15, 0.2) is 0 Å². The molecule has 0 aromatic carbocycles. The third-order valence-electron chi connectivity index (χ3n) is 4.28.